The first kappa shape index (κ1) is 23.1. The Morgan fingerprint density at radius 2 is 1.66 bits per heavy atom. The minimum absolute atomic E-state index is 0.0257. The molecule has 0 saturated carbocycles. The molecular weight excluding hydrogens is 414 g/mol. The number of hydrogen-bond donors (Lipinski definition) is 1. The van der Waals surface area contributed by atoms with E-state index in [-0.39, 0.29) is 24.5 Å². The minimum Gasteiger partial charge on any atom is -0.507 e. The van der Waals surface area contributed by atoms with E-state index in [2.05, 4.69) is 0 Å². The van der Waals surface area contributed by atoms with Crippen LogP contribution in [0.3, 0.4) is 0 Å². The highest BCUT2D eigenvalue weighted by molar-refractivity contribution is 6.46. The zero-order valence-electron chi connectivity index (χ0n) is 18.8. The highest BCUT2D eigenvalue weighted by Gasteiger charge is 2.47. The first-order valence-corrected chi connectivity index (χ1v) is 10.0. The number of aliphatic hydroxyl groups excluding tert-OH is 1. The van der Waals surface area contributed by atoms with Crippen molar-refractivity contribution in [1.29, 1.82) is 0 Å². The molecule has 1 heterocycles. The number of methoxy groups -OCH3 is 4. The molecule has 0 spiro atoms. The number of rotatable bonds is 8. The molecule has 0 bridgehead atoms. The van der Waals surface area contributed by atoms with Gasteiger partial charge in [-0.3, -0.25) is 9.59 Å². The number of nitrogens with zero attached hydrogens (tertiary/aromatic N) is 1. The molecule has 1 saturated heterocycles. The summed E-state index contributed by atoms with van der Waals surface area (Å²) in [4.78, 5) is 27.4. The van der Waals surface area contributed by atoms with Crippen molar-refractivity contribution in [3.05, 3.63) is 58.7 Å². The number of hydrogen-bond acceptors (Lipinski definition) is 7. The molecule has 8 heteroatoms. The third-order valence-corrected chi connectivity index (χ3v) is 5.48. The fourth-order valence-electron chi connectivity index (χ4n) is 3.86. The van der Waals surface area contributed by atoms with E-state index in [1.165, 1.54) is 26.2 Å². The van der Waals surface area contributed by atoms with Crippen LogP contribution in [-0.2, 0) is 14.3 Å². The molecule has 3 rings (SSSR count). The maximum absolute atomic E-state index is 13.1. The number of likely N-dealkylation sites (tertiary alicyclic amines) is 1. The van der Waals surface area contributed by atoms with Crippen LogP contribution in [0, 0.1) is 6.92 Å². The Morgan fingerprint density at radius 3 is 2.25 bits per heavy atom. The number of carbonyl (C=O) groups excluding carboxylic acids is 2. The number of amides is 1. The molecule has 0 aliphatic carbocycles. The van der Waals surface area contributed by atoms with Crippen LogP contribution in [-0.4, -0.2) is 63.3 Å². The molecule has 1 atom stereocenters. The van der Waals surface area contributed by atoms with Crippen molar-refractivity contribution in [1.82, 2.24) is 4.90 Å². The highest BCUT2D eigenvalue weighted by atomic mass is 16.5. The predicted molar refractivity (Wildman–Crippen MR) is 118 cm³/mol. The van der Waals surface area contributed by atoms with Gasteiger partial charge in [-0.15, -0.1) is 0 Å². The smallest absolute Gasteiger partial charge is 0.295 e. The van der Waals surface area contributed by atoms with E-state index in [9.17, 15) is 14.7 Å². The van der Waals surface area contributed by atoms with Gasteiger partial charge >= 0.3 is 0 Å². The van der Waals surface area contributed by atoms with Crippen LogP contribution < -0.4 is 14.2 Å². The third kappa shape index (κ3) is 4.13. The van der Waals surface area contributed by atoms with Gasteiger partial charge in [0.05, 0.1) is 39.6 Å². The lowest BCUT2D eigenvalue weighted by molar-refractivity contribution is -0.140. The number of ketones is 1. The van der Waals surface area contributed by atoms with Crippen molar-refractivity contribution in [2.24, 2.45) is 0 Å². The predicted octanol–water partition coefficient (Wildman–Crippen LogP) is 3.09. The van der Waals surface area contributed by atoms with Crippen molar-refractivity contribution in [2.75, 3.05) is 41.6 Å². The number of benzene rings is 2. The van der Waals surface area contributed by atoms with E-state index in [1.807, 2.05) is 6.92 Å². The van der Waals surface area contributed by atoms with E-state index in [0.717, 1.165) is 5.56 Å². The standard InChI is InChI=1S/C24H27NO7/c1-14-12-15(6-8-18(14)31-4)22(26)20-21(25(10-11-29-2)24(28)23(20)27)17-13-16(30-3)7-9-19(17)32-5/h6-9,12-13,21,26H,10-11H2,1-5H3/b22-20+/t21-/m1/s1. The van der Waals surface area contributed by atoms with Gasteiger partial charge in [0.15, 0.2) is 0 Å². The van der Waals surface area contributed by atoms with Crippen molar-refractivity contribution >= 4 is 17.4 Å². The summed E-state index contributed by atoms with van der Waals surface area (Å²) >= 11 is 0. The number of aryl methyl sites for hydroxylation is 1. The number of Topliss-reactive ketones (excluding diaryl/α,β-unsaturated/α-hetero) is 1. The maximum Gasteiger partial charge on any atom is 0.295 e. The Hall–Kier alpha value is -3.52. The monoisotopic (exact) mass is 441 g/mol. The van der Waals surface area contributed by atoms with Crippen LogP contribution in [0.4, 0.5) is 0 Å². The lowest BCUT2D eigenvalue weighted by atomic mass is 9.94. The Bertz CT molecular complexity index is 1060. The quantitative estimate of drug-likeness (QED) is 0.382. The van der Waals surface area contributed by atoms with Gasteiger partial charge < -0.3 is 29.0 Å². The van der Waals surface area contributed by atoms with E-state index < -0.39 is 17.7 Å². The van der Waals surface area contributed by atoms with E-state index in [0.29, 0.717) is 28.4 Å². The summed E-state index contributed by atoms with van der Waals surface area (Å²) in [6.07, 6.45) is 0. The molecule has 1 fully saturated rings. The average molecular weight is 441 g/mol. The Labute approximate surface area is 187 Å². The van der Waals surface area contributed by atoms with E-state index in [1.54, 1.807) is 43.5 Å². The van der Waals surface area contributed by atoms with Crippen LogP contribution in [0.5, 0.6) is 17.2 Å². The summed E-state index contributed by atoms with van der Waals surface area (Å²) in [6.45, 7) is 2.21. The SMILES string of the molecule is COCCN1C(=O)C(=O)/C(=C(/O)c2ccc(OC)c(C)c2)[C@H]1c1cc(OC)ccc1OC. The zero-order valence-corrected chi connectivity index (χ0v) is 18.8. The topological polar surface area (TPSA) is 94.5 Å². The summed E-state index contributed by atoms with van der Waals surface area (Å²) in [6, 6.07) is 9.28. The summed E-state index contributed by atoms with van der Waals surface area (Å²) in [7, 11) is 6.09. The van der Waals surface area contributed by atoms with Gasteiger partial charge in [0.25, 0.3) is 11.7 Å². The second kappa shape index (κ2) is 9.74. The normalized spacial score (nSPS) is 17.5. The van der Waals surface area contributed by atoms with Crippen molar-refractivity contribution < 1.29 is 33.6 Å². The second-order valence-electron chi connectivity index (χ2n) is 7.28. The van der Waals surface area contributed by atoms with Crippen molar-refractivity contribution in [3.63, 3.8) is 0 Å². The lowest BCUT2D eigenvalue weighted by Gasteiger charge is -2.26. The van der Waals surface area contributed by atoms with Crippen molar-refractivity contribution in [2.45, 2.75) is 13.0 Å². The molecule has 2 aromatic carbocycles. The van der Waals surface area contributed by atoms with Gasteiger partial charge in [0, 0.05) is 24.8 Å². The summed E-state index contributed by atoms with van der Waals surface area (Å²) < 4.78 is 21.3. The third-order valence-electron chi connectivity index (χ3n) is 5.48. The molecule has 1 aliphatic heterocycles. The van der Waals surface area contributed by atoms with Crippen LogP contribution in [0.1, 0.15) is 22.7 Å². The molecule has 1 N–H and O–H groups in total. The summed E-state index contributed by atoms with van der Waals surface area (Å²) in [5, 5.41) is 11.2. The number of aliphatic hydroxyl groups is 1. The second-order valence-corrected chi connectivity index (χ2v) is 7.28. The maximum atomic E-state index is 13.1. The largest absolute Gasteiger partial charge is 0.507 e. The molecule has 170 valence electrons. The molecule has 2 aromatic rings. The first-order valence-electron chi connectivity index (χ1n) is 10.0. The molecular formula is C24H27NO7. The Morgan fingerprint density at radius 1 is 0.969 bits per heavy atom. The minimum atomic E-state index is -0.877. The number of ether oxygens (including phenoxy) is 4. The van der Waals surface area contributed by atoms with Gasteiger partial charge in [0.1, 0.15) is 23.0 Å². The molecule has 32 heavy (non-hydrogen) atoms. The average Bonchev–Trinajstić information content (AvgIpc) is 3.06. The molecule has 0 radical (unpaired) electrons. The van der Waals surface area contributed by atoms with Crippen LogP contribution in [0.2, 0.25) is 0 Å². The molecule has 1 aliphatic rings. The molecule has 0 unspecified atom stereocenters. The first-order chi connectivity index (χ1) is 15.4. The Kier molecular flexibility index (Phi) is 7.05. The zero-order chi connectivity index (χ0) is 23.4. The van der Waals surface area contributed by atoms with E-state index >= 15 is 0 Å². The van der Waals surface area contributed by atoms with Crippen molar-refractivity contribution in [3.8, 4) is 17.2 Å². The highest BCUT2D eigenvalue weighted by Crippen LogP contribution is 2.44. The van der Waals surface area contributed by atoms with Crippen LogP contribution in [0.15, 0.2) is 42.0 Å². The Balaban J connectivity index is 2.25. The van der Waals surface area contributed by atoms with Crippen LogP contribution >= 0.6 is 0 Å². The van der Waals surface area contributed by atoms with Gasteiger partial charge in [-0.05, 0) is 48.9 Å². The fourth-order valence-corrected chi connectivity index (χ4v) is 3.86. The van der Waals surface area contributed by atoms with E-state index in [4.69, 9.17) is 18.9 Å². The van der Waals surface area contributed by atoms with Crippen LogP contribution in [0.25, 0.3) is 5.76 Å². The number of carbonyl (C=O) groups is 2. The molecule has 1 amide bonds. The van der Waals surface area contributed by atoms with Gasteiger partial charge in [-0.1, -0.05) is 0 Å². The molecule has 0 aromatic heterocycles. The van der Waals surface area contributed by atoms with Gasteiger partial charge in [-0.25, -0.2) is 0 Å². The summed E-state index contributed by atoms with van der Waals surface area (Å²) in [5.41, 5.74) is 1.68. The summed E-state index contributed by atoms with van der Waals surface area (Å²) in [5.74, 6) is -0.141. The molecule has 8 nitrogen and oxygen atoms in total. The van der Waals surface area contributed by atoms with Gasteiger partial charge in [0.2, 0.25) is 0 Å². The van der Waals surface area contributed by atoms with Gasteiger partial charge in [-0.2, -0.15) is 0 Å². The lowest BCUT2D eigenvalue weighted by Crippen LogP contribution is -2.32. The fraction of sp³-hybridized carbons (Fsp3) is 0.333.